The number of rotatable bonds is 7. The maximum Gasteiger partial charge on any atom is 0.347 e. The zero-order valence-corrected chi connectivity index (χ0v) is 19.2. The Morgan fingerprint density at radius 1 is 1.34 bits per heavy atom. The van der Waals surface area contributed by atoms with E-state index >= 15 is 0 Å². The molecule has 8 heteroatoms. The number of aromatic nitrogens is 2. The van der Waals surface area contributed by atoms with Crippen LogP contribution >= 0.6 is 33.9 Å². The topological polar surface area (TPSA) is 70.5 Å². The van der Waals surface area contributed by atoms with Crippen LogP contribution in [0, 0.1) is 3.57 Å². The molecule has 1 aliphatic rings. The Labute approximate surface area is 186 Å². The Bertz CT molecular complexity index is 1050. The minimum atomic E-state index is -0.815. The van der Waals surface area contributed by atoms with Crippen molar-refractivity contribution in [1.82, 2.24) is 9.97 Å². The molecule has 0 saturated heterocycles. The lowest BCUT2D eigenvalue weighted by atomic mass is 10.0. The van der Waals surface area contributed by atoms with Gasteiger partial charge in [0.2, 0.25) is 12.0 Å². The van der Waals surface area contributed by atoms with Gasteiger partial charge in [-0.3, -0.25) is 0 Å². The molecule has 29 heavy (non-hydrogen) atoms. The summed E-state index contributed by atoms with van der Waals surface area (Å²) in [6.07, 6.45) is 2.81. The van der Waals surface area contributed by atoms with Crippen molar-refractivity contribution in [3.63, 3.8) is 0 Å². The van der Waals surface area contributed by atoms with E-state index in [9.17, 15) is 4.79 Å². The number of para-hydroxylation sites is 1. The van der Waals surface area contributed by atoms with Crippen LogP contribution < -0.4 is 9.47 Å². The van der Waals surface area contributed by atoms with E-state index in [0.29, 0.717) is 18.9 Å². The van der Waals surface area contributed by atoms with E-state index in [0.717, 1.165) is 43.5 Å². The quantitative estimate of drug-likeness (QED) is 0.338. The van der Waals surface area contributed by atoms with Crippen LogP contribution in [0.3, 0.4) is 0 Å². The molecule has 2 aromatic heterocycles. The first kappa shape index (κ1) is 20.3. The molecule has 0 spiro atoms. The lowest BCUT2D eigenvalue weighted by molar-refractivity contribution is -0.151. The van der Waals surface area contributed by atoms with Crippen molar-refractivity contribution in [1.29, 1.82) is 0 Å². The summed E-state index contributed by atoms with van der Waals surface area (Å²) in [4.78, 5) is 23.5. The number of esters is 1. The van der Waals surface area contributed by atoms with Crippen LogP contribution in [-0.2, 0) is 28.8 Å². The number of hydrogen-bond donors (Lipinski definition) is 0. The summed E-state index contributed by atoms with van der Waals surface area (Å²) >= 11 is 3.93. The van der Waals surface area contributed by atoms with E-state index < -0.39 is 12.1 Å². The molecular weight excluding hydrogens is 503 g/mol. The Kier molecular flexibility index (Phi) is 6.19. The van der Waals surface area contributed by atoms with Crippen LogP contribution in [0.5, 0.6) is 11.6 Å². The summed E-state index contributed by atoms with van der Waals surface area (Å²) in [5.41, 5.74) is 2.10. The molecule has 0 aliphatic carbocycles. The number of hydrogen-bond acceptors (Lipinski definition) is 7. The van der Waals surface area contributed by atoms with E-state index in [-0.39, 0.29) is 6.61 Å². The second kappa shape index (κ2) is 8.83. The molecule has 0 radical (unpaired) electrons. The Morgan fingerprint density at radius 2 is 2.21 bits per heavy atom. The molecule has 3 heterocycles. The minimum Gasteiger partial charge on any atom is -0.493 e. The SMILES string of the molecule is CCOC(=O)[C@H](Cc1cccc2c1OCC2)Oc1ncnc2sc(CC)c(I)c12. The zero-order chi connectivity index (χ0) is 20.4. The van der Waals surface area contributed by atoms with E-state index in [1.54, 1.807) is 18.3 Å². The number of thiophene rings is 1. The van der Waals surface area contributed by atoms with Gasteiger partial charge < -0.3 is 14.2 Å². The largest absolute Gasteiger partial charge is 0.493 e. The third-order valence-electron chi connectivity index (χ3n) is 4.79. The fraction of sp³-hybridized carbons (Fsp3) is 0.381. The Hall–Kier alpha value is -1.94. The van der Waals surface area contributed by atoms with Crippen LogP contribution in [0.1, 0.15) is 29.9 Å². The highest BCUT2D eigenvalue weighted by Crippen LogP contribution is 2.37. The predicted molar refractivity (Wildman–Crippen MR) is 120 cm³/mol. The summed E-state index contributed by atoms with van der Waals surface area (Å²) in [5, 5.41) is 0.860. The highest BCUT2D eigenvalue weighted by molar-refractivity contribution is 14.1. The number of benzene rings is 1. The van der Waals surface area contributed by atoms with Crippen LogP contribution in [0.15, 0.2) is 24.5 Å². The first-order chi connectivity index (χ1) is 14.1. The highest BCUT2D eigenvalue weighted by Gasteiger charge is 2.28. The fourth-order valence-corrected chi connectivity index (χ4v) is 5.77. The normalized spacial score (nSPS) is 13.8. The second-order valence-corrected chi connectivity index (χ2v) is 8.78. The number of fused-ring (bicyclic) bond motifs is 2. The maximum absolute atomic E-state index is 12.7. The average molecular weight is 524 g/mol. The van der Waals surface area contributed by atoms with Crippen molar-refractivity contribution in [3.05, 3.63) is 44.1 Å². The van der Waals surface area contributed by atoms with Crippen molar-refractivity contribution in [3.8, 4) is 11.6 Å². The third kappa shape index (κ3) is 4.05. The standard InChI is InChI=1S/C21H21IN2O4S/c1-3-15-17(22)16-19(23-11-24-20(16)29-15)28-14(21(25)26-4-2)10-13-7-5-6-12-8-9-27-18(12)13/h5-7,11,14H,3-4,8-10H2,1-2H3/t14-/m0/s1. The molecular formula is C21H21IN2O4S. The molecule has 0 bridgehead atoms. The second-order valence-electron chi connectivity index (χ2n) is 6.62. The van der Waals surface area contributed by atoms with Gasteiger partial charge in [0.05, 0.1) is 18.6 Å². The number of carbonyl (C=O) groups is 1. The number of halogens is 1. The van der Waals surface area contributed by atoms with Crippen molar-refractivity contribution < 1.29 is 19.0 Å². The maximum atomic E-state index is 12.7. The molecule has 1 atom stereocenters. The van der Waals surface area contributed by atoms with E-state index in [2.05, 4.69) is 45.5 Å². The number of nitrogens with zero attached hydrogens (tertiary/aromatic N) is 2. The fourth-order valence-electron chi connectivity index (χ4n) is 3.42. The van der Waals surface area contributed by atoms with Gasteiger partial charge in [0.15, 0.2) is 0 Å². The summed E-state index contributed by atoms with van der Waals surface area (Å²) in [5.74, 6) is 0.870. The summed E-state index contributed by atoms with van der Waals surface area (Å²) < 4.78 is 18.3. The van der Waals surface area contributed by atoms with Gasteiger partial charge in [0, 0.05) is 21.3 Å². The first-order valence-electron chi connectivity index (χ1n) is 9.61. The zero-order valence-electron chi connectivity index (χ0n) is 16.2. The third-order valence-corrected chi connectivity index (χ3v) is 7.59. The predicted octanol–water partition coefficient (Wildman–Crippen LogP) is 4.35. The monoisotopic (exact) mass is 524 g/mol. The van der Waals surface area contributed by atoms with Gasteiger partial charge in [-0.15, -0.1) is 11.3 Å². The molecule has 0 unspecified atom stereocenters. The Balaban J connectivity index is 1.69. The number of ether oxygens (including phenoxy) is 3. The van der Waals surface area contributed by atoms with Gasteiger partial charge in [-0.2, -0.15) is 0 Å². The van der Waals surface area contributed by atoms with E-state index in [4.69, 9.17) is 14.2 Å². The molecule has 6 nitrogen and oxygen atoms in total. The molecule has 0 amide bonds. The molecule has 0 N–H and O–H groups in total. The van der Waals surface area contributed by atoms with Crippen LogP contribution in [0.4, 0.5) is 0 Å². The van der Waals surface area contributed by atoms with Crippen LogP contribution in [0.25, 0.3) is 10.2 Å². The van der Waals surface area contributed by atoms with Gasteiger partial charge >= 0.3 is 5.97 Å². The summed E-state index contributed by atoms with van der Waals surface area (Å²) in [7, 11) is 0. The van der Waals surface area contributed by atoms with Gasteiger partial charge in [-0.1, -0.05) is 25.1 Å². The molecule has 3 aromatic rings. The highest BCUT2D eigenvalue weighted by atomic mass is 127. The van der Waals surface area contributed by atoms with Gasteiger partial charge in [0.25, 0.3) is 0 Å². The van der Waals surface area contributed by atoms with E-state index in [1.165, 1.54) is 11.2 Å². The van der Waals surface area contributed by atoms with Gasteiger partial charge in [0.1, 0.15) is 16.9 Å². The minimum absolute atomic E-state index is 0.289. The van der Waals surface area contributed by atoms with Crippen LogP contribution in [0.2, 0.25) is 0 Å². The molecule has 0 fully saturated rings. The van der Waals surface area contributed by atoms with Crippen molar-refractivity contribution in [2.45, 2.75) is 39.2 Å². The van der Waals surface area contributed by atoms with Gasteiger partial charge in [-0.25, -0.2) is 14.8 Å². The molecule has 1 aliphatic heterocycles. The molecule has 4 rings (SSSR count). The molecule has 0 saturated carbocycles. The lowest BCUT2D eigenvalue weighted by Crippen LogP contribution is -2.32. The van der Waals surface area contributed by atoms with Crippen molar-refractivity contribution in [2.24, 2.45) is 0 Å². The smallest absolute Gasteiger partial charge is 0.347 e. The van der Waals surface area contributed by atoms with Crippen molar-refractivity contribution >= 4 is 50.1 Å². The molecule has 1 aromatic carbocycles. The lowest BCUT2D eigenvalue weighted by Gasteiger charge is -2.19. The van der Waals surface area contributed by atoms with Gasteiger partial charge in [-0.05, 0) is 47.1 Å². The Morgan fingerprint density at radius 3 is 3.00 bits per heavy atom. The molecule has 152 valence electrons. The first-order valence-corrected chi connectivity index (χ1v) is 11.5. The van der Waals surface area contributed by atoms with Crippen molar-refractivity contribution in [2.75, 3.05) is 13.2 Å². The summed E-state index contributed by atoms with van der Waals surface area (Å²) in [6.45, 7) is 4.85. The number of carbonyl (C=O) groups excluding carboxylic acids is 1. The average Bonchev–Trinajstić information content (AvgIpc) is 3.33. The number of aryl methyl sites for hydroxylation is 1. The van der Waals surface area contributed by atoms with E-state index in [1.807, 2.05) is 12.1 Å². The summed E-state index contributed by atoms with van der Waals surface area (Å²) in [6, 6.07) is 6.02. The van der Waals surface area contributed by atoms with Crippen LogP contribution in [-0.4, -0.2) is 35.3 Å².